The van der Waals surface area contributed by atoms with Gasteiger partial charge in [0.1, 0.15) is 5.82 Å². The summed E-state index contributed by atoms with van der Waals surface area (Å²) in [6.07, 6.45) is 0.794. The van der Waals surface area contributed by atoms with Crippen LogP contribution >= 0.6 is 0 Å². The molecule has 0 aliphatic carbocycles. The topological polar surface area (TPSA) is 106 Å². The number of nitrogens with two attached hydrogens (primary N) is 1. The van der Waals surface area contributed by atoms with E-state index in [9.17, 15) is 13.2 Å². The number of aromatic amines is 1. The van der Waals surface area contributed by atoms with E-state index < -0.39 is 9.84 Å². The Balaban J connectivity index is 2.44. The van der Waals surface area contributed by atoms with E-state index in [-0.39, 0.29) is 28.7 Å². The summed E-state index contributed by atoms with van der Waals surface area (Å²) in [7, 11) is -3.14. The Morgan fingerprint density at radius 1 is 1.53 bits per heavy atom. The number of hydrogen-bond donors (Lipinski definition) is 2. The Hall–Kier alpha value is -1.21. The number of fused-ring (bicyclic) bond motifs is 1. The van der Waals surface area contributed by atoms with Crippen molar-refractivity contribution in [3.8, 4) is 0 Å². The molecule has 0 spiro atoms. The van der Waals surface area contributed by atoms with Crippen molar-refractivity contribution in [3.63, 3.8) is 0 Å². The van der Waals surface area contributed by atoms with Crippen molar-refractivity contribution in [3.05, 3.63) is 27.4 Å². The summed E-state index contributed by atoms with van der Waals surface area (Å²) < 4.78 is 22.9. The van der Waals surface area contributed by atoms with Crippen molar-refractivity contribution in [2.75, 3.05) is 5.75 Å². The van der Waals surface area contributed by atoms with E-state index in [4.69, 9.17) is 5.73 Å². The molecule has 1 aliphatic rings. The van der Waals surface area contributed by atoms with E-state index in [2.05, 4.69) is 9.97 Å². The van der Waals surface area contributed by atoms with Crippen LogP contribution in [-0.4, -0.2) is 30.2 Å². The molecule has 0 aromatic carbocycles. The fourth-order valence-electron chi connectivity index (χ4n) is 1.90. The van der Waals surface area contributed by atoms with Gasteiger partial charge in [-0.15, -0.1) is 0 Å². The summed E-state index contributed by atoms with van der Waals surface area (Å²) in [5.74, 6) is 0.389. The van der Waals surface area contributed by atoms with Gasteiger partial charge in [0, 0.05) is 18.9 Å². The summed E-state index contributed by atoms with van der Waals surface area (Å²) in [5, 5.41) is 0. The summed E-state index contributed by atoms with van der Waals surface area (Å²) in [6.45, 7) is 1.82. The molecule has 0 bridgehead atoms. The Labute approximate surface area is 99.2 Å². The maximum atomic E-state index is 11.8. The molecular formula is C10H15N3O3S. The van der Waals surface area contributed by atoms with Crippen LogP contribution < -0.4 is 11.3 Å². The molecule has 1 atom stereocenters. The maximum absolute atomic E-state index is 11.8. The molecule has 1 aromatic heterocycles. The molecule has 0 fully saturated rings. The standard InChI is InChI=1S/C10H15N3O3S/c1-6(11)4-9-12-8-2-3-17(15,16)5-7(8)10(14)13-9/h6H,2-5,11H2,1H3,(H,12,13,14). The molecule has 1 aliphatic heterocycles. The minimum atomic E-state index is -3.14. The number of aromatic nitrogens is 2. The van der Waals surface area contributed by atoms with E-state index in [0.717, 1.165) is 0 Å². The Bertz CT molecular complexity index is 589. The lowest BCUT2D eigenvalue weighted by atomic mass is 10.2. The van der Waals surface area contributed by atoms with E-state index in [1.807, 2.05) is 6.92 Å². The first kappa shape index (κ1) is 12.3. The maximum Gasteiger partial charge on any atom is 0.255 e. The first-order valence-corrected chi connectivity index (χ1v) is 7.26. The highest BCUT2D eigenvalue weighted by Gasteiger charge is 2.25. The molecule has 7 heteroatoms. The van der Waals surface area contributed by atoms with Gasteiger partial charge in [-0.1, -0.05) is 0 Å². The predicted octanol–water partition coefficient (Wildman–Crippen LogP) is -0.869. The third-order valence-electron chi connectivity index (χ3n) is 2.68. The van der Waals surface area contributed by atoms with Gasteiger partial charge < -0.3 is 10.7 Å². The SMILES string of the molecule is CC(N)Cc1nc2c(c(=O)[nH]1)CS(=O)(=O)CC2. The molecule has 1 unspecified atom stereocenters. The van der Waals surface area contributed by atoms with Gasteiger partial charge >= 0.3 is 0 Å². The molecule has 2 heterocycles. The van der Waals surface area contributed by atoms with Crippen LogP contribution in [0.2, 0.25) is 0 Å². The fourth-order valence-corrected chi connectivity index (χ4v) is 3.28. The van der Waals surface area contributed by atoms with Gasteiger partial charge in [0.2, 0.25) is 0 Å². The van der Waals surface area contributed by atoms with Gasteiger partial charge in [0.25, 0.3) is 5.56 Å². The number of nitrogens with zero attached hydrogens (tertiary/aromatic N) is 1. The van der Waals surface area contributed by atoms with Gasteiger partial charge in [-0.05, 0) is 6.92 Å². The molecule has 1 aromatic rings. The highest BCUT2D eigenvalue weighted by Crippen LogP contribution is 2.15. The average Bonchev–Trinajstić information content (AvgIpc) is 2.18. The number of rotatable bonds is 2. The summed E-state index contributed by atoms with van der Waals surface area (Å²) in [5.41, 5.74) is 6.16. The van der Waals surface area contributed by atoms with Gasteiger partial charge in [-0.3, -0.25) is 4.79 Å². The molecule has 0 saturated heterocycles. The van der Waals surface area contributed by atoms with Crippen LogP contribution in [0.3, 0.4) is 0 Å². The fraction of sp³-hybridized carbons (Fsp3) is 0.600. The van der Waals surface area contributed by atoms with Gasteiger partial charge in [0.15, 0.2) is 9.84 Å². The molecule has 3 N–H and O–H groups in total. The van der Waals surface area contributed by atoms with Crippen molar-refractivity contribution >= 4 is 9.84 Å². The number of aryl methyl sites for hydroxylation is 1. The largest absolute Gasteiger partial charge is 0.328 e. The zero-order valence-electron chi connectivity index (χ0n) is 9.56. The van der Waals surface area contributed by atoms with Crippen LogP contribution in [0.25, 0.3) is 0 Å². The monoisotopic (exact) mass is 257 g/mol. The van der Waals surface area contributed by atoms with Crippen LogP contribution in [-0.2, 0) is 28.4 Å². The third kappa shape index (κ3) is 2.73. The number of sulfone groups is 1. The zero-order chi connectivity index (χ0) is 12.6. The summed E-state index contributed by atoms with van der Waals surface area (Å²) in [6, 6.07) is -0.0940. The average molecular weight is 257 g/mol. The Morgan fingerprint density at radius 3 is 2.88 bits per heavy atom. The van der Waals surface area contributed by atoms with E-state index in [1.165, 1.54) is 0 Å². The van der Waals surface area contributed by atoms with Gasteiger partial charge in [-0.2, -0.15) is 0 Å². The van der Waals surface area contributed by atoms with E-state index in [1.54, 1.807) is 0 Å². The van der Waals surface area contributed by atoms with Gasteiger partial charge in [-0.25, -0.2) is 13.4 Å². The summed E-state index contributed by atoms with van der Waals surface area (Å²) >= 11 is 0. The second-order valence-electron chi connectivity index (χ2n) is 4.46. The third-order valence-corrected chi connectivity index (χ3v) is 4.23. The molecule has 2 rings (SSSR count). The highest BCUT2D eigenvalue weighted by molar-refractivity contribution is 7.90. The van der Waals surface area contributed by atoms with Crippen LogP contribution in [0.15, 0.2) is 4.79 Å². The lowest BCUT2D eigenvalue weighted by Crippen LogP contribution is -2.30. The van der Waals surface area contributed by atoms with Crippen molar-refractivity contribution in [1.82, 2.24) is 9.97 Å². The van der Waals surface area contributed by atoms with Crippen LogP contribution in [0.4, 0.5) is 0 Å². The quantitative estimate of drug-likeness (QED) is 0.716. The number of H-pyrrole nitrogens is 1. The summed E-state index contributed by atoms with van der Waals surface area (Å²) in [4.78, 5) is 18.6. The van der Waals surface area contributed by atoms with Crippen LogP contribution in [0.5, 0.6) is 0 Å². The molecule has 0 amide bonds. The lowest BCUT2D eigenvalue weighted by molar-refractivity contribution is 0.588. The van der Waals surface area contributed by atoms with E-state index >= 15 is 0 Å². The zero-order valence-corrected chi connectivity index (χ0v) is 10.4. The van der Waals surface area contributed by atoms with Crippen molar-refractivity contribution in [2.45, 2.75) is 31.6 Å². The molecule has 94 valence electrons. The first-order valence-electron chi connectivity index (χ1n) is 5.44. The molecule has 0 saturated carbocycles. The molecule has 17 heavy (non-hydrogen) atoms. The Kier molecular flexibility index (Phi) is 3.05. The van der Waals surface area contributed by atoms with Crippen molar-refractivity contribution in [2.24, 2.45) is 5.73 Å². The minimum Gasteiger partial charge on any atom is -0.328 e. The Morgan fingerprint density at radius 2 is 2.24 bits per heavy atom. The second kappa shape index (κ2) is 4.23. The van der Waals surface area contributed by atoms with Crippen molar-refractivity contribution in [1.29, 1.82) is 0 Å². The minimum absolute atomic E-state index is 0.0636. The number of nitrogens with one attached hydrogen (secondary N) is 1. The predicted molar refractivity (Wildman–Crippen MR) is 63.4 cm³/mol. The van der Waals surface area contributed by atoms with Crippen LogP contribution in [0.1, 0.15) is 24.0 Å². The molecule has 0 radical (unpaired) electrons. The second-order valence-corrected chi connectivity index (χ2v) is 6.65. The highest BCUT2D eigenvalue weighted by atomic mass is 32.2. The normalized spacial score (nSPS) is 19.6. The number of hydrogen-bond acceptors (Lipinski definition) is 5. The van der Waals surface area contributed by atoms with E-state index in [0.29, 0.717) is 24.4 Å². The molecular weight excluding hydrogens is 242 g/mol. The van der Waals surface area contributed by atoms with Gasteiger partial charge in [0.05, 0.1) is 22.8 Å². The molecule has 6 nitrogen and oxygen atoms in total. The smallest absolute Gasteiger partial charge is 0.255 e. The lowest BCUT2D eigenvalue weighted by Gasteiger charge is -2.15. The van der Waals surface area contributed by atoms with Crippen molar-refractivity contribution < 1.29 is 8.42 Å². The van der Waals surface area contributed by atoms with Crippen LogP contribution in [0, 0.1) is 0 Å². The first-order chi connectivity index (χ1) is 7.87.